The first-order valence-corrected chi connectivity index (χ1v) is 5.70. The maximum atomic E-state index is 4.54. The minimum atomic E-state index is 0.427. The Morgan fingerprint density at radius 1 is 1.20 bits per heavy atom. The third-order valence-corrected chi connectivity index (χ3v) is 2.92. The van der Waals surface area contributed by atoms with Crippen LogP contribution in [0.25, 0.3) is 10.9 Å². The molecule has 15 heavy (non-hydrogen) atoms. The first kappa shape index (κ1) is 10.5. The van der Waals surface area contributed by atoms with Crippen molar-refractivity contribution in [1.82, 2.24) is 9.97 Å². The SMILES string of the molecule is Cc1nc(C(C)C)c2c(P)cccc2n1. The molecule has 0 N–H and O–H groups in total. The van der Waals surface area contributed by atoms with Crippen LogP contribution in [0.5, 0.6) is 0 Å². The van der Waals surface area contributed by atoms with Crippen molar-refractivity contribution in [2.45, 2.75) is 26.7 Å². The number of hydrogen-bond acceptors (Lipinski definition) is 2. The first-order valence-electron chi connectivity index (χ1n) is 5.12. The number of aryl methyl sites for hydroxylation is 1. The Labute approximate surface area is 92.3 Å². The summed E-state index contributed by atoms with van der Waals surface area (Å²) < 4.78 is 0. The smallest absolute Gasteiger partial charge is 0.126 e. The Hall–Kier alpha value is -1.01. The van der Waals surface area contributed by atoms with Crippen LogP contribution in [0.1, 0.15) is 31.3 Å². The minimum absolute atomic E-state index is 0.427. The van der Waals surface area contributed by atoms with Gasteiger partial charge in [-0.25, -0.2) is 9.97 Å². The topological polar surface area (TPSA) is 25.8 Å². The molecule has 1 aromatic heterocycles. The Morgan fingerprint density at radius 2 is 1.93 bits per heavy atom. The number of fused-ring (bicyclic) bond motifs is 1. The maximum absolute atomic E-state index is 4.54. The van der Waals surface area contributed by atoms with Crippen LogP contribution in [0.3, 0.4) is 0 Å². The van der Waals surface area contributed by atoms with Crippen LogP contribution in [0.15, 0.2) is 18.2 Å². The molecule has 1 atom stereocenters. The third kappa shape index (κ3) is 1.87. The van der Waals surface area contributed by atoms with E-state index in [2.05, 4.69) is 39.1 Å². The molecule has 0 saturated heterocycles. The van der Waals surface area contributed by atoms with Crippen LogP contribution in [-0.4, -0.2) is 9.97 Å². The standard InChI is InChI=1S/C12H15N2P/c1-7(2)12-11-9(13-8(3)14-12)5-4-6-10(11)15/h4-7H,15H2,1-3H3. The van der Waals surface area contributed by atoms with Gasteiger partial charge in [0.1, 0.15) is 5.82 Å². The molecule has 0 saturated carbocycles. The zero-order valence-corrected chi connectivity index (χ0v) is 10.4. The van der Waals surface area contributed by atoms with Gasteiger partial charge in [0.15, 0.2) is 0 Å². The van der Waals surface area contributed by atoms with Crippen molar-refractivity contribution in [2.75, 3.05) is 0 Å². The highest BCUT2D eigenvalue weighted by molar-refractivity contribution is 7.28. The summed E-state index contributed by atoms with van der Waals surface area (Å²) in [4.78, 5) is 8.99. The largest absolute Gasteiger partial charge is 0.237 e. The molecule has 0 spiro atoms. The summed E-state index contributed by atoms with van der Waals surface area (Å²) in [6.45, 7) is 6.28. The molecule has 2 aromatic rings. The molecule has 1 unspecified atom stereocenters. The van der Waals surface area contributed by atoms with Gasteiger partial charge in [-0.15, -0.1) is 9.24 Å². The van der Waals surface area contributed by atoms with E-state index < -0.39 is 0 Å². The van der Waals surface area contributed by atoms with Crippen molar-refractivity contribution in [2.24, 2.45) is 0 Å². The van der Waals surface area contributed by atoms with Gasteiger partial charge in [0.2, 0.25) is 0 Å². The number of nitrogens with zero attached hydrogens (tertiary/aromatic N) is 2. The highest BCUT2D eigenvalue weighted by Gasteiger charge is 2.10. The first-order chi connectivity index (χ1) is 7.09. The summed E-state index contributed by atoms with van der Waals surface area (Å²) in [5, 5.41) is 2.36. The van der Waals surface area contributed by atoms with E-state index in [0.717, 1.165) is 17.0 Å². The second kappa shape index (κ2) is 3.86. The molecule has 0 bridgehead atoms. The lowest BCUT2D eigenvalue weighted by atomic mass is 10.0. The van der Waals surface area contributed by atoms with Crippen LogP contribution in [0, 0.1) is 6.92 Å². The lowest BCUT2D eigenvalue weighted by Gasteiger charge is -2.11. The monoisotopic (exact) mass is 218 g/mol. The molecular weight excluding hydrogens is 203 g/mol. The quantitative estimate of drug-likeness (QED) is 0.687. The van der Waals surface area contributed by atoms with Crippen molar-refractivity contribution in [1.29, 1.82) is 0 Å². The Balaban J connectivity index is 2.88. The number of rotatable bonds is 1. The van der Waals surface area contributed by atoms with Gasteiger partial charge >= 0.3 is 0 Å². The molecular formula is C12H15N2P. The van der Waals surface area contributed by atoms with Gasteiger partial charge in [0.25, 0.3) is 0 Å². The molecule has 1 heterocycles. The van der Waals surface area contributed by atoms with Gasteiger partial charge in [-0.3, -0.25) is 0 Å². The normalized spacial score (nSPS) is 11.3. The Kier molecular flexibility index (Phi) is 2.70. The van der Waals surface area contributed by atoms with E-state index in [9.17, 15) is 0 Å². The highest BCUT2D eigenvalue weighted by Crippen LogP contribution is 2.22. The highest BCUT2D eigenvalue weighted by atomic mass is 31.0. The van der Waals surface area contributed by atoms with E-state index >= 15 is 0 Å². The predicted octanol–water partition coefficient (Wildman–Crippen LogP) is 2.56. The Bertz CT molecular complexity index is 506. The molecule has 0 amide bonds. The zero-order chi connectivity index (χ0) is 11.0. The predicted molar refractivity (Wildman–Crippen MR) is 67.7 cm³/mol. The average Bonchev–Trinajstić information content (AvgIpc) is 2.16. The molecule has 2 rings (SSSR count). The van der Waals surface area contributed by atoms with Crippen LogP contribution in [0.4, 0.5) is 0 Å². The van der Waals surface area contributed by atoms with E-state index in [-0.39, 0.29) is 0 Å². The van der Waals surface area contributed by atoms with Gasteiger partial charge in [0, 0.05) is 5.39 Å². The molecule has 2 nitrogen and oxygen atoms in total. The molecule has 0 aliphatic heterocycles. The van der Waals surface area contributed by atoms with E-state index in [1.807, 2.05) is 19.1 Å². The van der Waals surface area contributed by atoms with Gasteiger partial charge in [-0.1, -0.05) is 26.0 Å². The van der Waals surface area contributed by atoms with Crippen molar-refractivity contribution in [3.63, 3.8) is 0 Å². The molecule has 78 valence electrons. The van der Waals surface area contributed by atoms with E-state index in [0.29, 0.717) is 5.92 Å². The van der Waals surface area contributed by atoms with Gasteiger partial charge in [-0.05, 0) is 24.2 Å². The minimum Gasteiger partial charge on any atom is -0.237 e. The molecule has 0 aliphatic rings. The molecule has 0 radical (unpaired) electrons. The van der Waals surface area contributed by atoms with Crippen molar-refractivity contribution in [3.8, 4) is 0 Å². The lowest BCUT2D eigenvalue weighted by molar-refractivity contribution is 0.818. The molecule has 3 heteroatoms. The van der Waals surface area contributed by atoms with E-state index in [4.69, 9.17) is 0 Å². The average molecular weight is 218 g/mol. The van der Waals surface area contributed by atoms with Gasteiger partial charge in [0.05, 0.1) is 11.2 Å². The summed E-state index contributed by atoms with van der Waals surface area (Å²) in [5.41, 5.74) is 2.18. The van der Waals surface area contributed by atoms with Crippen LogP contribution in [0.2, 0.25) is 0 Å². The van der Waals surface area contributed by atoms with Crippen LogP contribution < -0.4 is 5.30 Å². The maximum Gasteiger partial charge on any atom is 0.126 e. The second-order valence-corrected chi connectivity index (χ2v) is 4.67. The summed E-state index contributed by atoms with van der Waals surface area (Å²) in [5.74, 6) is 1.28. The lowest BCUT2D eigenvalue weighted by Crippen LogP contribution is -2.05. The molecule has 0 fully saturated rings. The van der Waals surface area contributed by atoms with Crippen molar-refractivity contribution in [3.05, 3.63) is 29.7 Å². The fourth-order valence-electron chi connectivity index (χ4n) is 1.78. The third-order valence-electron chi connectivity index (χ3n) is 2.44. The fraction of sp³-hybridized carbons (Fsp3) is 0.333. The molecule has 0 aliphatic carbocycles. The van der Waals surface area contributed by atoms with E-state index in [1.54, 1.807) is 0 Å². The summed E-state index contributed by atoms with van der Waals surface area (Å²) in [7, 11) is 2.76. The second-order valence-electron chi connectivity index (χ2n) is 4.05. The number of benzene rings is 1. The fourth-order valence-corrected chi connectivity index (χ4v) is 2.18. The van der Waals surface area contributed by atoms with Crippen LogP contribution in [-0.2, 0) is 0 Å². The van der Waals surface area contributed by atoms with Crippen LogP contribution >= 0.6 is 9.24 Å². The number of hydrogen-bond donors (Lipinski definition) is 0. The van der Waals surface area contributed by atoms with Crippen molar-refractivity contribution >= 4 is 25.4 Å². The van der Waals surface area contributed by atoms with E-state index in [1.165, 1.54) is 10.7 Å². The summed E-state index contributed by atoms with van der Waals surface area (Å²) >= 11 is 0. The molecule has 1 aromatic carbocycles. The van der Waals surface area contributed by atoms with Gasteiger partial charge in [-0.2, -0.15) is 0 Å². The summed E-state index contributed by atoms with van der Waals surface area (Å²) in [6, 6.07) is 6.15. The Morgan fingerprint density at radius 3 is 2.60 bits per heavy atom. The van der Waals surface area contributed by atoms with Crippen molar-refractivity contribution < 1.29 is 0 Å². The zero-order valence-electron chi connectivity index (χ0n) is 9.28. The number of aromatic nitrogens is 2. The van der Waals surface area contributed by atoms with Gasteiger partial charge < -0.3 is 0 Å². The summed E-state index contributed by atoms with van der Waals surface area (Å²) in [6.07, 6.45) is 0.